The summed E-state index contributed by atoms with van der Waals surface area (Å²) in [6, 6.07) is 10.0. The van der Waals surface area contributed by atoms with E-state index < -0.39 is 0 Å². The molecule has 2 unspecified atom stereocenters. The second-order valence-corrected chi connectivity index (χ2v) is 8.13. The molecule has 0 N–H and O–H groups in total. The van der Waals surface area contributed by atoms with Crippen LogP contribution in [0.4, 0.5) is 0 Å². The van der Waals surface area contributed by atoms with Crippen LogP contribution in [0.1, 0.15) is 63.0 Å². The third-order valence-corrected chi connectivity index (χ3v) is 6.17. The zero-order valence-electron chi connectivity index (χ0n) is 14.8. The van der Waals surface area contributed by atoms with E-state index in [1.165, 1.54) is 24.8 Å². The molecule has 0 aliphatic rings. The Balaban J connectivity index is 2.17. The van der Waals surface area contributed by atoms with Crippen LogP contribution in [0.25, 0.3) is 0 Å². The second kappa shape index (κ2) is 8.89. The minimum Gasteiger partial charge on any atom is -0.240 e. The quantitative estimate of drug-likeness (QED) is 0.644. The van der Waals surface area contributed by atoms with Crippen molar-refractivity contribution < 1.29 is 0 Å². The number of benzene rings is 1. The van der Waals surface area contributed by atoms with Gasteiger partial charge in [-0.05, 0) is 30.5 Å². The van der Waals surface area contributed by atoms with Gasteiger partial charge in [0.05, 0.1) is 11.6 Å². The van der Waals surface area contributed by atoms with E-state index in [9.17, 15) is 0 Å². The lowest BCUT2D eigenvalue weighted by molar-refractivity contribution is 0.519. The summed E-state index contributed by atoms with van der Waals surface area (Å²) in [4.78, 5) is 4.13. The minimum atomic E-state index is 0.210. The van der Waals surface area contributed by atoms with Crippen molar-refractivity contribution in [2.45, 2.75) is 63.0 Å². The molecular weight excluding hydrogens is 316 g/mol. The fourth-order valence-electron chi connectivity index (χ4n) is 2.67. The van der Waals surface area contributed by atoms with Gasteiger partial charge in [-0.15, -0.1) is 11.8 Å². The molecular formula is C19H26N4S. The zero-order valence-corrected chi connectivity index (χ0v) is 15.6. The average Bonchev–Trinajstić information content (AvgIpc) is 3.15. The smallest absolute Gasteiger partial charge is 0.137 e. The summed E-state index contributed by atoms with van der Waals surface area (Å²) in [5.41, 5.74) is 1.92. The molecule has 0 radical (unpaired) electrons. The van der Waals surface area contributed by atoms with Crippen LogP contribution in [0.15, 0.2) is 36.9 Å². The first-order chi connectivity index (χ1) is 11.6. The van der Waals surface area contributed by atoms with Crippen LogP contribution < -0.4 is 0 Å². The number of hydrogen-bond donors (Lipinski definition) is 0. The van der Waals surface area contributed by atoms with E-state index in [1.807, 2.05) is 40.7 Å². The highest BCUT2D eigenvalue weighted by Gasteiger charge is 2.28. The van der Waals surface area contributed by atoms with E-state index >= 15 is 0 Å². The first-order valence-corrected chi connectivity index (χ1v) is 9.49. The second-order valence-electron chi connectivity index (χ2n) is 6.37. The van der Waals surface area contributed by atoms with E-state index in [2.05, 4.69) is 36.9 Å². The maximum Gasteiger partial charge on any atom is 0.137 e. The Bertz CT molecular complexity index is 645. The normalized spacial score (nSPS) is 14.8. The van der Waals surface area contributed by atoms with Crippen LogP contribution in [0.5, 0.6) is 0 Å². The minimum absolute atomic E-state index is 0.210. The molecule has 1 aromatic heterocycles. The first kappa shape index (κ1) is 18.5. The van der Waals surface area contributed by atoms with Gasteiger partial charge in [-0.3, -0.25) is 0 Å². The van der Waals surface area contributed by atoms with Gasteiger partial charge in [-0.2, -0.15) is 10.4 Å². The number of aromatic nitrogens is 3. The first-order valence-electron chi connectivity index (χ1n) is 8.61. The molecule has 1 heterocycles. The van der Waals surface area contributed by atoms with Crippen molar-refractivity contribution in [3.63, 3.8) is 0 Å². The van der Waals surface area contributed by atoms with Gasteiger partial charge in [-0.1, -0.05) is 45.7 Å². The Morgan fingerprint density at radius 3 is 2.58 bits per heavy atom. The lowest BCUT2D eigenvalue weighted by Crippen LogP contribution is -2.24. The predicted octanol–water partition coefficient (Wildman–Crippen LogP) is 4.98. The van der Waals surface area contributed by atoms with Gasteiger partial charge < -0.3 is 0 Å². The Hall–Kier alpha value is -1.80. The Kier molecular flexibility index (Phi) is 6.86. The molecule has 2 atom stereocenters. The summed E-state index contributed by atoms with van der Waals surface area (Å²) < 4.78 is 2.20. The van der Waals surface area contributed by atoms with Crippen LogP contribution in [-0.4, -0.2) is 19.5 Å². The maximum absolute atomic E-state index is 8.95. The molecule has 0 amide bonds. The highest BCUT2D eigenvalue weighted by Crippen LogP contribution is 2.42. The monoisotopic (exact) mass is 342 g/mol. The van der Waals surface area contributed by atoms with E-state index in [1.54, 1.807) is 12.7 Å². The van der Waals surface area contributed by atoms with E-state index in [0.717, 1.165) is 12.8 Å². The van der Waals surface area contributed by atoms with Gasteiger partial charge in [-0.25, -0.2) is 9.67 Å². The van der Waals surface area contributed by atoms with Crippen molar-refractivity contribution in [1.29, 1.82) is 5.26 Å². The summed E-state index contributed by atoms with van der Waals surface area (Å²) in [5.74, 6) is 0. The number of rotatable bonds is 9. The highest BCUT2D eigenvalue weighted by atomic mass is 32.2. The maximum atomic E-state index is 8.95. The molecule has 0 aliphatic carbocycles. The number of thioether (sulfide) groups is 1. The lowest BCUT2D eigenvalue weighted by atomic mass is 10.0. The zero-order chi connectivity index (χ0) is 17.4. The molecule has 4 nitrogen and oxygen atoms in total. The number of hydrogen-bond acceptors (Lipinski definition) is 4. The van der Waals surface area contributed by atoms with Crippen LogP contribution >= 0.6 is 11.8 Å². The van der Waals surface area contributed by atoms with Crippen molar-refractivity contribution in [1.82, 2.24) is 14.8 Å². The van der Waals surface area contributed by atoms with Crippen LogP contribution in [-0.2, 0) is 6.42 Å². The molecule has 2 aromatic rings. The highest BCUT2D eigenvalue weighted by molar-refractivity contribution is 8.00. The molecule has 5 heteroatoms. The summed E-state index contributed by atoms with van der Waals surface area (Å²) in [6.07, 6.45) is 9.10. The van der Waals surface area contributed by atoms with Gasteiger partial charge in [0.2, 0.25) is 0 Å². The van der Waals surface area contributed by atoms with Crippen LogP contribution in [0, 0.1) is 11.3 Å². The number of nitrogens with zero attached hydrogens (tertiary/aromatic N) is 4. The molecule has 24 heavy (non-hydrogen) atoms. The predicted molar refractivity (Wildman–Crippen MR) is 99.7 cm³/mol. The summed E-state index contributed by atoms with van der Waals surface area (Å²) in [6.45, 7) is 6.87. The fraction of sp³-hybridized carbons (Fsp3) is 0.526. The van der Waals surface area contributed by atoms with Gasteiger partial charge >= 0.3 is 0 Å². The molecule has 0 saturated heterocycles. The standard InChI is InChI=1S/C19H26N4S/c1-4-6-11-19(3,5-2)24-18(23-15-21-14-22-23)12-16-7-9-17(13-20)10-8-16/h7-10,14-15,18H,4-6,11-12H2,1-3H3. The summed E-state index contributed by atoms with van der Waals surface area (Å²) in [7, 11) is 0. The molecule has 2 rings (SSSR count). The molecule has 0 saturated carbocycles. The molecule has 0 aliphatic heterocycles. The molecule has 0 fully saturated rings. The van der Waals surface area contributed by atoms with Gasteiger partial charge in [0.25, 0.3) is 0 Å². The fourth-order valence-corrected chi connectivity index (χ4v) is 4.25. The lowest BCUT2D eigenvalue weighted by Gasteiger charge is -2.32. The molecule has 128 valence electrons. The summed E-state index contributed by atoms with van der Waals surface area (Å²) >= 11 is 1.99. The van der Waals surface area contributed by atoms with Crippen molar-refractivity contribution in [2.24, 2.45) is 0 Å². The van der Waals surface area contributed by atoms with E-state index in [-0.39, 0.29) is 10.1 Å². The Morgan fingerprint density at radius 2 is 2.04 bits per heavy atom. The molecule has 0 bridgehead atoms. The van der Waals surface area contributed by atoms with E-state index in [0.29, 0.717) is 5.56 Å². The Morgan fingerprint density at radius 1 is 1.29 bits per heavy atom. The van der Waals surface area contributed by atoms with Gasteiger partial charge in [0.15, 0.2) is 0 Å². The Labute approximate surface area is 149 Å². The SMILES string of the molecule is CCCCC(C)(CC)SC(Cc1ccc(C#N)cc1)n1cncn1. The van der Waals surface area contributed by atoms with Crippen LogP contribution in [0.3, 0.4) is 0 Å². The molecule has 1 aromatic carbocycles. The van der Waals surface area contributed by atoms with E-state index in [4.69, 9.17) is 5.26 Å². The summed E-state index contributed by atoms with van der Waals surface area (Å²) in [5, 5.41) is 13.5. The topological polar surface area (TPSA) is 54.5 Å². The van der Waals surface area contributed by atoms with Crippen LogP contribution in [0.2, 0.25) is 0 Å². The third-order valence-electron chi connectivity index (χ3n) is 4.45. The number of nitriles is 1. The third kappa shape index (κ3) is 5.10. The van der Waals surface area contributed by atoms with Crippen molar-refractivity contribution in [2.75, 3.05) is 0 Å². The van der Waals surface area contributed by atoms with Gasteiger partial charge in [0, 0.05) is 11.2 Å². The average molecular weight is 343 g/mol. The van der Waals surface area contributed by atoms with Gasteiger partial charge in [0.1, 0.15) is 18.0 Å². The molecule has 0 spiro atoms. The largest absolute Gasteiger partial charge is 0.240 e. The number of unbranched alkanes of at least 4 members (excludes halogenated alkanes) is 1. The van der Waals surface area contributed by atoms with Crippen molar-refractivity contribution in [3.05, 3.63) is 48.0 Å². The van der Waals surface area contributed by atoms with Crippen molar-refractivity contribution >= 4 is 11.8 Å². The van der Waals surface area contributed by atoms with Crippen molar-refractivity contribution in [3.8, 4) is 6.07 Å².